The van der Waals surface area contributed by atoms with Crippen LogP contribution < -0.4 is 5.32 Å². The lowest BCUT2D eigenvalue weighted by Gasteiger charge is -2.21. The number of fused-ring (bicyclic) bond motifs is 1. The van der Waals surface area contributed by atoms with Crippen LogP contribution in [0.3, 0.4) is 0 Å². The molecule has 0 bridgehead atoms. The van der Waals surface area contributed by atoms with Gasteiger partial charge in [-0.15, -0.1) is 11.6 Å². The fraction of sp³-hybridized carbons (Fsp3) is 0.667. The summed E-state index contributed by atoms with van der Waals surface area (Å²) in [5.74, 6) is 2.10. The van der Waals surface area contributed by atoms with Crippen molar-refractivity contribution in [3.8, 4) is 0 Å². The van der Waals surface area contributed by atoms with Crippen LogP contribution in [0.15, 0.2) is 6.33 Å². The molecule has 16 heavy (non-hydrogen) atoms. The summed E-state index contributed by atoms with van der Waals surface area (Å²) in [5.41, 5.74) is 2.49. The van der Waals surface area contributed by atoms with E-state index >= 15 is 0 Å². The van der Waals surface area contributed by atoms with Crippen LogP contribution in [0.25, 0.3) is 0 Å². The molecule has 0 amide bonds. The molecule has 4 heteroatoms. The highest BCUT2D eigenvalue weighted by Gasteiger charge is 2.20. The van der Waals surface area contributed by atoms with Gasteiger partial charge in [-0.3, -0.25) is 0 Å². The Morgan fingerprint density at radius 3 is 2.88 bits per heavy atom. The summed E-state index contributed by atoms with van der Waals surface area (Å²) in [6.07, 6.45) is 5.01. The summed E-state index contributed by atoms with van der Waals surface area (Å²) in [6, 6.07) is 0.279. The fourth-order valence-electron chi connectivity index (χ4n) is 2.04. The summed E-state index contributed by atoms with van der Waals surface area (Å²) in [4.78, 5) is 8.65. The molecule has 0 radical (unpaired) electrons. The largest absolute Gasteiger partial charge is 0.366 e. The summed E-state index contributed by atoms with van der Waals surface area (Å²) in [6.45, 7) is 4.34. The summed E-state index contributed by atoms with van der Waals surface area (Å²) in [7, 11) is 0. The van der Waals surface area contributed by atoms with E-state index in [1.54, 1.807) is 6.33 Å². The Balaban J connectivity index is 2.18. The van der Waals surface area contributed by atoms with E-state index < -0.39 is 0 Å². The van der Waals surface area contributed by atoms with Crippen LogP contribution in [0.1, 0.15) is 31.5 Å². The average molecular weight is 240 g/mol. The molecule has 0 aromatic carbocycles. The Morgan fingerprint density at radius 2 is 2.19 bits per heavy atom. The lowest BCUT2D eigenvalue weighted by atomic mass is 10.1. The van der Waals surface area contributed by atoms with Crippen LogP contribution in [0, 0.1) is 5.92 Å². The van der Waals surface area contributed by atoms with Gasteiger partial charge in [0.1, 0.15) is 12.1 Å². The molecule has 1 aromatic heterocycles. The second kappa shape index (κ2) is 5.00. The number of aryl methyl sites for hydroxylation is 1. The number of rotatable bonds is 4. The Labute approximate surface area is 102 Å². The van der Waals surface area contributed by atoms with Crippen LogP contribution >= 0.6 is 11.6 Å². The number of nitrogens with one attached hydrogen (secondary N) is 1. The van der Waals surface area contributed by atoms with Crippen LogP contribution in [-0.4, -0.2) is 21.9 Å². The van der Waals surface area contributed by atoms with E-state index in [4.69, 9.17) is 11.6 Å². The van der Waals surface area contributed by atoms with Crippen molar-refractivity contribution in [2.24, 2.45) is 5.92 Å². The third-order valence-electron chi connectivity index (χ3n) is 3.17. The molecule has 1 atom stereocenters. The van der Waals surface area contributed by atoms with E-state index in [1.807, 2.05) is 0 Å². The van der Waals surface area contributed by atoms with Gasteiger partial charge in [0.25, 0.3) is 0 Å². The minimum atomic E-state index is 0.279. The molecule has 3 nitrogen and oxygen atoms in total. The number of alkyl halides is 1. The van der Waals surface area contributed by atoms with Gasteiger partial charge >= 0.3 is 0 Å². The van der Waals surface area contributed by atoms with Gasteiger partial charge in [-0.05, 0) is 25.2 Å². The van der Waals surface area contributed by atoms with Gasteiger partial charge in [0.05, 0.1) is 0 Å². The Morgan fingerprint density at radius 1 is 1.38 bits per heavy atom. The van der Waals surface area contributed by atoms with Crippen molar-refractivity contribution in [1.82, 2.24) is 9.97 Å². The molecule has 0 saturated carbocycles. The zero-order chi connectivity index (χ0) is 11.5. The molecular weight excluding hydrogens is 222 g/mol. The standard InChI is InChI=1S/C12H18ClN3/c1-8(2)11(6-13)16-12-9-4-3-5-10(9)14-7-15-12/h7-8,11H,3-6H2,1-2H3,(H,14,15,16). The first-order chi connectivity index (χ1) is 7.72. The monoisotopic (exact) mass is 239 g/mol. The smallest absolute Gasteiger partial charge is 0.133 e. The van der Waals surface area contributed by atoms with Crippen molar-refractivity contribution in [3.63, 3.8) is 0 Å². The average Bonchev–Trinajstić information content (AvgIpc) is 2.73. The molecule has 0 fully saturated rings. The molecule has 0 spiro atoms. The Bertz CT molecular complexity index is 365. The van der Waals surface area contributed by atoms with Crippen molar-refractivity contribution in [1.29, 1.82) is 0 Å². The van der Waals surface area contributed by atoms with E-state index in [0.29, 0.717) is 11.8 Å². The third-order valence-corrected chi connectivity index (χ3v) is 3.50. The van der Waals surface area contributed by atoms with Crippen LogP contribution in [0.5, 0.6) is 0 Å². The lowest BCUT2D eigenvalue weighted by Crippen LogP contribution is -2.28. The van der Waals surface area contributed by atoms with Gasteiger partial charge in [0.2, 0.25) is 0 Å². The summed E-state index contributed by atoms with van der Waals surface area (Å²) in [5, 5.41) is 3.45. The topological polar surface area (TPSA) is 37.8 Å². The number of nitrogens with zero attached hydrogens (tertiary/aromatic N) is 2. The highest BCUT2D eigenvalue weighted by Crippen LogP contribution is 2.26. The Hall–Kier alpha value is -0.830. The molecule has 1 aliphatic carbocycles. The predicted molar refractivity (Wildman–Crippen MR) is 67.0 cm³/mol. The number of hydrogen-bond acceptors (Lipinski definition) is 3. The van der Waals surface area contributed by atoms with E-state index in [2.05, 4.69) is 29.1 Å². The molecule has 1 N–H and O–H groups in total. The van der Waals surface area contributed by atoms with Crippen LogP contribution in [0.2, 0.25) is 0 Å². The maximum absolute atomic E-state index is 5.96. The van der Waals surface area contributed by atoms with E-state index in [0.717, 1.165) is 18.7 Å². The number of hydrogen-bond donors (Lipinski definition) is 1. The SMILES string of the molecule is CC(C)C(CCl)Nc1ncnc2c1CCC2. The second-order valence-electron chi connectivity index (χ2n) is 4.65. The highest BCUT2D eigenvalue weighted by atomic mass is 35.5. The normalized spacial score (nSPS) is 16.2. The number of anilines is 1. The van der Waals surface area contributed by atoms with Gasteiger partial charge in [-0.2, -0.15) is 0 Å². The van der Waals surface area contributed by atoms with Crippen LogP contribution in [-0.2, 0) is 12.8 Å². The fourth-order valence-corrected chi connectivity index (χ4v) is 2.48. The van der Waals surface area contributed by atoms with Crippen molar-refractivity contribution in [2.75, 3.05) is 11.2 Å². The molecule has 1 aromatic rings. The number of aromatic nitrogens is 2. The van der Waals surface area contributed by atoms with E-state index in [9.17, 15) is 0 Å². The quantitative estimate of drug-likeness (QED) is 0.821. The van der Waals surface area contributed by atoms with Gasteiger partial charge in [-0.25, -0.2) is 9.97 Å². The van der Waals surface area contributed by atoms with Gasteiger partial charge in [0.15, 0.2) is 0 Å². The molecule has 1 heterocycles. The van der Waals surface area contributed by atoms with E-state index in [-0.39, 0.29) is 6.04 Å². The zero-order valence-corrected chi connectivity index (χ0v) is 10.6. The second-order valence-corrected chi connectivity index (χ2v) is 4.96. The predicted octanol–water partition coefficient (Wildman–Crippen LogP) is 2.64. The van der Waals surface area contributed by atoms with Crippen molar-refractivity contribution >= 4 is 17.4 Å². The molecule has 88 valence electrons. The zero-order valence-electron chi connectivity index (χ0n) is 9.83. The minimum Gasteiger partial charge on any atom is -0.366 e. The molecule has 1 unspecified atom stereocenters. The van der Waals surface area contributed by atoms with Gasteiger partial charge in [0, 0.05) is 23.2 Å². The van der Waals surface area contributed by atoms with Gasteiger partial charge in [-0.1, -0.05) is 13.8 Å². The third kappa shape index (κ3) is 2.29. The molecule has 2 rings (SSSR count). The first kappa shape index (κ1) is 11.6. The summed E-state index contributed by atoms with van der Waals surface area (Å²) < 4.78 is 0. The lowest BCUT2D eigenvalue weighted by molar-refractivity contribution is 0.562. The minimum absolute atomic E-state index is 0.279. The Kier molecular flexibility index (Phi) is 3.64. The van der Waals surface area contributed by atoms with Gasteiger partial charge < -0.3 is 5.32 Å². The first-order valence-corrected chi connectivity index (χ1v) is 6.41. The van der Waals surface area contributed by atoms with Crippen LogP contribution in [0.4, 0.5) is 5.82 Å². The summed E-state index contributed by atoms with van der Waals surface area (Å²) >= 11 is 5.96. The van der Waals surface area contributed by atoms with Crippen molar-refractivity contribution < 1.29 is 0 Å². The first-order valence-electron chi connectivity index (χ1n) is 5.87. The van der Waals surface area contributed by atoms with Crippen molar-refractivity contribution in [3.05, 3.63) is 17.6 Å². The van der Waals surface area contributed by atoms with Crippen molar-refractivity contribution in [2.45, 2.75) is 39.2 Å². The van der Waals surface area contributed by atoms with E-state index in [1.165, 1.54) is 17.7 Å². The molecule has 0 saturated heterocycles. The molecule has 1 aliphatic rings. The molecular formula is C12H18ClN3. The maximum Gasteiger partial charge on any atom is 0.133 e. The maximum atomic E-state index is 5.96. The number of halogens is 1. The molecule has 0 aliphatic heterocycles. The highest BCUT2D eigenvalue weighted by molar-refractivity contribution is 6.18.